The summed E-state index contributed by atoms with van der Waals surface area (Å²) >= 11 is 0. The number of aromatic nitrogens is 2. The zero-order valence-corrected chi connectivity index (χ0v) is 13.0. The number of carbonyl (C=O) groups is 1. The molecule has 0 spiro atoms. The summed E-state index contributed by atoms with van der Waals surface area (Å²) < 4.78 is 5.71. The molecule has 122 valence electrons. The smallest absolute Gasteiger partial charge is 0.407 e. The highest BCUT2D eigenvalue weighted by molar-refractivity contribution is 5.65. The second kappa shape index (κ2) is 7.26. The number of nitrogens with zero attached hydrogens (tertiary/aromatic N) is 3. The molecular formula is C17H21N3O3. The van der Waals surface area contributed by atoms with Crippen molar-refractivity contribution in [2.75, 3.05) is 6.54 Å². The number of likely N-dealkylation sites (tertiary alicyclic amines) is 1. The largest absolute Gasteiger partial charge is 0.465 e. The lowest BCUT2D eigenvalue weighted by Crippen LogP contribution is -2.37. The van der Waals surface area contributed by atoms with Gasteiger partial charge in [0.25, 0.3) is 0 Å². The molecule has 1 fully saturated rings. The van der Waals surface area contributed by atoms with E-state index >= 15 is 0 Å². The van der Waals surface area contributed by atoms with Gasteiger partial charge in [0.2, 0.25) is 11.8 Å². The molecule has 1 amide bonds. The van der Waals surface area contributed by atoms with Gasteiger partial charge < -0.3 is 9.52 Å². The molecule has 2 aromatic rings. The summed E-state index contributed by atoms with van der Waals surface area (Å²) in [5, 5.41) is 17.4. The van der Waals surface area contributed by atoms with Crippen LogP contribution in [0.2, 0.25) is 0 Å². The number of hydrogen-bond donors (Lipinski definition) is 1. The standard InChI is InChI=1S/C17H21N3O3/c21-17(22)20-12-5-4-10-14(20)16-19-18-15(23-16)11-6-9-13-7-2-1-3-8-13/h1-3,7-8,14H,4-6,9-12H2,(H,21,22). The van der Waals surface area contributed by atoms with Crippen LogP contribution in [0.25, 0.3) is 0 Å². The van der Waals surface area contributed by atoms with Gasteiger partial charge in [0.05, 0.1) is 0 Å². The molecule has 6 heteroatoms. The van der Waals surface area contributed by atoms with Crippen LogP contribution in [-0.2, 0) is 12.8 Å². The normalized spacial score (nSPS) is 18.1. The maximum atomic E-state index is 11.3. The lowest BCUT2D eigenvalue weighted by atomic mass is 10.0. The molecule has 1 saturated heterocycles. The lowest BCUT2D eigenvalue weighted by Gasteiger charge is -2.30. The summed E-state index contributed by atoms with van der Waals surface area (Å²) in [6.45, 7) is 0.533. The highest BCUT2D eigenvalue weighted by Crippen LogP contribution is 2.30. The van der Waals surface area contributed by atoms with Crippen LogP contribution < -0.4 is 0 Å². The number of carboxylic acid groups (broad SMARTS) is 1. The first-order valence-corrected chi connectivity index (χ1v) is 8.10. The number of hydrogen-bond acceptors (Lipinski definition) is 4. The van der Waals surface area contributed by atoms with E-state index in [4.69, 9.17) is 4.42 Å². The maximum Gasteiger partial charge on any atom is 0.407 e. The van der Waals surface area contributed by atoms with Crippen LogP contribution in [0.5, 0.6) is 0 Å². The number of rotatable bonds is 5. The van der Waals surface area contributed by atoms with Gasteiger partial charge in [-0.2, -0.15) is 0 Å². The molecule has 1 aromatic carbocycles. The Morgan fingerprint density at radius 3 is 2.83 bits per heavy atom. The van der Waals surface area contributed by atoms with E-state index in [1.807, 2.05) is 18.2 Å². The average Bonchev–Trinajstić information content (AvgIpc) is 3.04. The number of aryl methyl sites for hydroxylation is 2. The van der Waals surface area contributed by atoms with E-state index < -0.39 is 6.09 Å². The molecular weight excluding hydrogens is 294 g/mol. The van der Waals surface area contributed by atoms with Crippen LogP contribution in [-0.4, -0.2) is 32.8 Å². The minimum absolute atomic E-state index is 0.295. The highest BCUT2D eigenvalue weighted by atomic mass is 16.4. The Hall–Kier alpha value is -2.37. The van der Waals surface area contributed by atoms with Gasteiger partial charge >= 0.3 is 6.09 Å². The third-order valence-corrected chi connectivity index (χ3v) is 4.21. The van der Waals surface area contributed by atoms with Gasteiger partial charge in [-0.25, -0.2) is 4.79 Å². The Bertz CT molecular complexity index is 642. The van der Waals surface area contributed by atoms with Crippen LogP contribution in [0.1, 0.15) is 49.1 Å². The highest BCUT2D eigenvalue weighted by Gasteiger charge is 2.31. The zero-order valence-electron chi connectivity index (χ0n) is 13.0. The summed E-state index contributed by atoms with van der Waals surface area (Å²) in [6, 6.07) is 9.98. The monoisotopic (exact) mass is 315 g/mol. The van der Waals surface area contributed by atoms with Gasteiger partial charge in [-0.1, -0.05) is 30.3 Å². The number of amides is 1. The van der Waals surface area contributed by atoms with Gasteiger partial charge in [0, 0.05) is 13.0 Å². The molecule has 1 unspecified atom stereocenters. The first-order valence-electron chi connectivity index (χ1n) is 8.10. The van der Waals surface area contributed by atoms with E-state index in [9.17, 15) is 9.90 Å². The molecule has 3 rings (SSSR count). The predicted octanol–water partition coefficient (Wildman–Crippen LogP) is 3.45. The van der Waals surface area contributed by atoms with Crippen molar-refractivity contribution in [3.8, 4) is 0 Å². The molecule has 1 aliphatic heterocycles. The van der Waals surface area contributed by atoms with Crippen LogP contribution in [0, 0.1) is 0 Å². The molecule has 0 saturated carbocycles. The third kappa shape index (κ3) is 3.88. The second-order valence-electron chi connectivity index (χ2n) is 5.86. The lowest BCUT2D eigenvalue weighted by molar-refractivity contribution is 0.0955. The average molecular weight is 315 g/mol. The van der Waals surface area contributed by atoms with Crippen LogP contribution in [0.15, 0.2) is 34.7 Å². The summed E-state index contributed by atoms with van der Waals surface area (Å²) in [4.78, 5) is 12.7. The van der Waals surface area contributed by atoms with Gasteiger partial charge in [-0.15, -0.1) is 10.2 Å². The quantitative estimate of drug-likeness (QED) is 0.914. The summed E-state index contributed by atoms with van der Waals surface area (Å²) in [5.74, 6) is 1.02. The Morgan fingerprint density at radius 2 is 2.04 bits per heavy atom. The van der Waals surface area contributed by atoms with Crippen molar-refractivity contribution in [3.63, 3.8) is 0 Å². The molecule has 23 heavy (non-hydrogen) atoms. The van der Waals surface area contributed by atoms with Crippen LogP contribution in [0.4, 0.5) is 4.79 Å². The summed E-state index contributed by atoms with van der Waals surface area (Å²) in [5.41, 5.74) is 1.29. The fraction of sp³-hybridized carbons (Fsp3) is 0.471. The first-order chi connectivity index (χ1) is 11.2. The molecule has 0 aliphatic carbocycles. The predicted molar refractivity (Wildman–Crippen MR) is 84.1 cm³/mol. The Labute approximate surface area is 135 Å². The molecule has 6 nitrogen and oxygen atoms in total. The van der Waals surface area contributed by atoms with Crippen molar-refractivity contribution >= 4 is 6.09 Å². The molecule has 1 N–H and O–H groups in total. The zero-order chi connectivity index (χ0) is 16.1. The maximum absolute atomic E-state index is 11.3. The third-order valence-electron chi connectivity index (χ3n) is 4.21. The van der Waals surface area contributed by atoms with Crippen LogP contribution in [0.3, 0.4) is 0 Å². The minimum Gasteiger partial charge on any atom is -0.465 e. The fourth-order valence-corrected chi connectivity index (χ4v) is 3.01. The molecule has 1 aliphatic rings. The Kier molecular flexibility index (Phi) is 4.90. The molecule has 1 atom stereocenters. The van der Waals surface area contributed by atoms with E-state index in [1.54, 1.807) is 0 Å². The van der Waals surface area contributed by atoms with E-state index in [2.05, 4.69) is 22.3 Å². The number of benzene rings is 1. The Morgan fingerprint density at radius 1 is 1.22 bits per heavy atom. The van der Waals surface area contributed by atoms with Crippen molar-refractivity contribution in [3.05, 3.63) is 47.7 Å². The summed E-state index contributed by atoms with van der Waals surface area (Å²) in [7, 11) is 0. The fourth-order valence-electron chi connectivity index (χ4n) is 3.01. The Balaban J connectivity index is 1.58. The molecule has 1 aromatic heterocycles. The molecule has 0 bridgehead atoms. The molecule has 2 heterocycles. The van der Waals surface area contributed by atoms with Gasteiger partial charge in [-0.05, 0) is 37.7 Å². The topological polar surface area (TPSA) is 79.5 Å². The van der Waals surface area contributed by atoms with Gasteiger partial charge in [-0.3, -0.25) is 4.90 Å². The van der Waals surface area contributed by atoms with Crippen molar-refractivity contribution < 1.29 is 14.3 Å². The van der Waals surface area contributed by atoms with Crippen molar-refractivity contribution in [1.29, 1.82) is 0 Å². The van der Waals surface area contributed by atoms with E-state index in [0.29, 0.717) is 24.7 Å². The van der Waals surface area contributed by atoms with Crippen molar-refractivity contribution in [1.82, 2.24) is 15.1 Å². The van der Waals surface area contributed by atoms with E-state index in [1.165, 1.54) is 10.5 Å². The van der Waals surface area contributed by atoms with E-state index in [-0.39, 0.29) is 6.04 Å². The first kappa shape index (κ1) is 15.5. The SMILES string of the molecule is O=C(O)N1CCCCC1c1nnc(CCCc2ccccc2)o1. The van der Waals surface area contributed by atoms with Crippen molar-refractivity contribution in [2.45, 2.75) is 44.6 Å². The summed E-state index contributed by atoms with van der Waals surface area (Å²) in [6.07, 6.45) is 4.31. The number of piperidine rings is 1. The van der Waals surface area contributed by atoms with Gasteiger partial charge in [0.1, 0.15) is 6.04 Å². The van der Waals surface area contributed by atoms with Crippen LogP contribution >= 0.6 is 0 Å². The van der Waals surface area contributed by atoms with Crippen molar-refractivity contribution in [2.24, 2.45) is 0 Å². The second-order valence-corrected chi connectivity index (χ2v) is 5.86. The molecule has 0 radical (unpaired) electrons. The van der Waals surface area contributed by atoms with E-state index in [0.717, 1.165) is 32.1 Å². The van der Waals surface area contributed by atoms with Gasteiger partial charge in [0.15, 0.2) is 0 Å². The minimum atomic E-state index is -0.918.